The number of carbonyl (C=O) groups excluding carboxylic acids is 1. The maximum absolute atomic E-state index is 11.5. The van der Waals surface area contributed by atoms with Gasteiger partial charge in [-0.1, -0.05) is 0 Å². The Morgan fingerprint density at radius 2 is 2.14 bits per heavy atom. The van der Waals surface area contributed by atoms with Crippen LogP contribution < -0.4 is 0 Å². The van der Waals surface area contributed by atoms with E-state index in [1.807, 2.05) is 0 Å². The Balaban J connectivity index is 2.60. The summed E-state index contributed by atoms with van der Waals surface area (Å²) in [6, 6.07) is 3.30. The fourth-order valence-corrected chi connectivity index (χ4v) is 1.71. The van der Waals surface area contributed by atoms with Gasteiger partial charge in [0, 0.05) is 11.1 Å². The summed E-state index contributed by atoms with van der Waals surface area (Å²) in [6.07, 6.45) is 0.490. The molecular weight excluding hydrogens is 182 g/mol. The molecule has 0 aromatic heterocycles. The van der Waals surface area contributed by atoms with E-state index in [4.69, 9.17) is 0 Å². The molecule has 74 valence electrons. The first kappa shape index (κ1) is 9.02. The first-order valence-electron chi connectivity index (χ1n) is 4.43. The van der Waals surface area contributed by atoms with Gasteiger partial charge in [-0.15, -0.1) is 0 Å². The van der Waals surface area contributed by atoms with Crippen molar-refractivity contribution in [2.75, 3.05) is 6.54 Å². The van der Waals surface area contributed by atoms with Gasteiger partial charge in [-0.2, -0.15) is 0 Å². The first-order valence-corrected chi connectivity index (χ1v) is 4.43. The van der Waals surface area contributed by atoms with Crippen molar-refractivity contribution in [2.24, 2.45) is 0 Å². The average Bonchev–Trinajstić information content (AvgIpc) is 2.12. The number of phenolic OH excluding ortho intramolecular Hbond substituents is 1. The van der Waals surface area contributed by atoms with E-state index in [0.717, 1.165) is 5.56 Å². The molecular formula is C10H11NO3. The third kappa shape index (κ3) is 1.24. The highest BCUT2D eigenvalue weighted by Crippen LogP contribution is 2.27. The predicted octanol–water partition coefficient (Wildman–Crippen LogP) is 1.09. The van der Waals surface area contributed by atoms with Crippen molar-refractivity contribution in [3.63, 3.8) is 0 Å². The Kier molecular flexibility index (Phi) is 1.93. The molecule has 2 rings (SSSR count). The number of hydrogen-bond donors (Lipinski definition) is 2. The van der Waals surface area contributed by atoms with Crippen LogP contribution in [-0.2, 0) is 6.42 Å². The van der Waals surface area contributed by atoms with Crippen molar-refractivity contribution in [1.29, 1.82) is 0 Å². The molecule has 0 saturated carbocycles. The van der Waals surface area contributed by atoms with Gasteiger partial charge in [0.05, 0.1) is 6.54 Å². The Hall–Kier alpha value is -1.55. The Morgan fingerprint density at radius 1 is 1.43 bits per heavy atom. The van der Waals surface area contributed by atoms with Gasteiger partial charge in [0.15, 0.2) is 0 Å². The van der Waals surface area contributed by atoms with E-state index in [1.165, 1.54) is 0 Å². The molecule has 1 aromatic rings. The Labute approximate surface area is 81.3 Å². The molecule has 0 spiro atoms. The van der Waals surface area contributed by atoms with Crippen LogP contribution in [0.2, 0.25) is 0 Å². The highest BCUT2D eigenvalue weighted by Gasteiger charge is 2.25. The summed E-state index contributed by atoms with van der Waals surface area (Å²) in [5.41, 5.74) is 1.84. The second kappa shape index (κ2) is 2.99. The quantitative estimate of drug-likeness (QED) is 0.606. The molecule has 1 aromatic carbocycles. The molecule has 0 atom stereocenters. The summed E-state index contributed by atoms with van der Waals surface area (Å²) in [5.74, 6) is -0.299. The van der Waals surface area contributed by atoms with E-state index >= 15 is 0 Å². The third-order valence-corrected chi connectivity index (χ3v) is 2.41. The van der Waals surface area contributed by atoms with E-state index in [9.17, 15) is 15.1 Å². The van der Waals surface area contributed by atoms with Crippen LogP contribution in [0, 0.1) is 6.92 Å². The van der Waals surface area contributed by atoms with Crippen molar-refractivity contribution in [2.45, 2.75) is 13.3 Å². The zero-order chi connectivity index (χ0) is 10.3. The minimum absolute atomic E-state index is 0.140. The number of amides is 1. The van der Waals surface area contributed by atoms with Crippen molar-refractivity contribution >= 4 is 5.91 Å². The van der Waals surface area contributed by atoms with Crippen LogP contribution in [0.5, 0.6) is 5.75 Å². The molecule has 14 heavy (non-hydrogen) atoms. The standard InChI is InChI=1S/C10H11NO3/c1-6-4-8-7(9(12)5-6)2-3-11(14)10(8)13/h4-5,12,14H,2-3H2,1H3. The van der Waals surface area contributed by atoms with Crippen molar-refractivity contribution < 1.29 is 15.1 Å². The lowest BCUT2D eigenvalue weighted by Crippen LogP contribution is -2.34. The summed E-state index contributed by atoms with van der Waals surface area (Å²) in [5, 5.41) is 19.5. The molecule has 2 N–H and O–H groups in total. The number of phenols is 1. The number of rotatable bonds is 0. The smallest absolute Gasteiger partial charge is 0.277 e. The summed E-state index contributed by atoms with van der Waals surface area (Å²) < 4.78 is 0. The number of nitrogens with zero attached hydrogens (tertiary/aromatic N) is 1. The summed E-state index contributed by atoms with van der Waals surface area (Å²) in [6.45, 7) is 2.03. The number of benzene rings is 1. The lowest BCUT2D eigenvalue weighted by molar-refractivity contribution is -0.0603. The van der Waals surface area contributed by atoms with Crippen LogP contribution in [0.1, 0.15) is 21.5 Å². The van der Waals surface area contributed by atoms with Crippen molar-refractivity contribution in [3.8, 4) is 5.75 Å². The van der Waals surface area contributed by atoms with Crippen LogP contribution in [0.4, 0.5) is 0 Å². The van der Waals surface area contributed by atoms with Gasteiger partial charge in [0.2, 0.25) is 0 Å². The van der Waals surface area contributed by atoms with E-state index in [0.29, 0.717) is 22.6 Å². The van der Waals surface area contributed by atoms with Gasteiger partial charge >= 0.3 is 0 Å². The van der Waals surface area contributed by atoms with Crippen molar-refractivity contribution in [1.82, 2.24) is 5.06 Å². The fraction of sp³-hybridized carbons (Fsp3) is 0.300. The maximum atomic E-state index is 11.5. The van der Waals surface area contributed by atoms with E-state index in [1.54, 1.807) is 19.1 Å². The number of fused-ring (bicyclic) bond motifs is 1. The summed E-state index contributed by atoms with van der Waals surface area (Å²) in [7, 11) is 0. The van der Waals surface area contributed by atoms with Gasteiger partial charge in [-0.3, -0.25) is 10.0 Å². The molecule has 1 aliphatic heterocycles. The lowest BCUT2D eigenvalue weighted by atomic mass is 9.97. The molecule has 0 unspecified atom stereocenters. The van der Waals surface area contributed by atoms with Gasteiger partial charge in [-0.25, -0.2) is 5.06 Å². The topological polar surface area (TPSA) is 60.8 Å². The Morgan fingerprint density at radius 3 is 2.86 bits per heavy atom. The zero-order valence-corrected chi connectivity index (χ0v) is 7.82. The summed E-state index contributed by atoms with van der Waals surface area (Å²) >= 11 is 0. The van der Waals surface area contributed by atoms with Crippen LogP contribution in [0.15, 0.2) is 12.1 Å². The fourth-order valence-electron chi connectivity index (χ4n) is 1.71. The number of carbonyl (C=O) groups is 1. The molecule has 0 fully saturated rings. The highest BCUT2D eigenvalue weighted by atomic mass is 16.5. The highest BCUT2D eigenvalue weighted by molar-refractivity contribution is 5.96. The number of hydroxylamine groups is 2. The summed E-state index contributed by atoms with van der Waals surface area (Å²) in [4.78, 5) is 11.5. The van der Waals surface area contributed by atoms with Gasteiger partial charge in [0.1, 0.15) is 5.75 Å². The van der Waals surface area contributed by atoms with Crippen LogP contribution >= 0.6 is 0 Å². The molecule has 0 bridgehead atoms. The number of hydrogen-bond acceptors (Lipinski definition) is 3. The van der Waals surface area contributed by atoms with Crippen LogP contribution in [-0.4, -0.2) is 27.8 Å². The van der Waals surface area contributed by atoms with Crippen molar-refractivity contribution in [3.05, 3.63) is 28.8 Å². The van der Waals surface area contributed by atoms with E-state index in [-0.39, 0.29) is 12.3 Å². The average molecular weight is 193 g/mol. The molecule has 1 amide bonds. The SMILES string of the molecule is Cc1cc(O)c2c(c1)C(=O)N(O)CC2. The minimum atomic E-state index is -0.440. The molecule has 0 aliphatic carbocycles. The molecule has 1 aliphatic rings. The molecule has 0 radical (unpaired) electrons. The van der Waals surface area contributed by atoms with Gasteiger partial charge in [-0.05, 0) is 31.0 Å². The number of aromatic hydroxyl groups is 1. The molecule has 0 saturated heterocycles. The van der Waals surface area contributed by atoms with Gasteiger partial charge < -0.3 is 5.11 Å². The van der Waals surface area contributed by atoms with Crippen LogP contribution in [0.25, 0.3) is 0 Å². The second-order valence-corrected chi connectivity index (χ2v) is 3.49. The first-order chi connectivity index (χ1) is 6.59. The molecule has 4 nitrogen and oxygen atoms in total. The Bertz CT molecular complexity index is 401. The molecule has 4 heteroatoms. The zero-order valence-electron chi connectivity index (χ0n) is 7.82. The normalized spacial score (nSPS) is 15.6. The minimum Gasteiger partial charge on any atom is -0.508 e. The monoisotopic (exact) mass is 193 g/mol. The number of aryl methyl sites for hydroxylation is 1. The molecule has 1 heterocycles. The maximum Gasteiger partial charge on any atom is 0.277 e. The predicted molar refractivity (Wildman–Crippen MR) is 49.4 cm³/mol. The van der Waals surface area contributed by atoms with Crippen LogP contribution in [0.3, 0.4) is 0 Å². The van der Waals surface area contributed by atoms with E-state index in [2.05, 4.69) is 0 Å². The largest absolute Gasteiger partial charge is 0.508 e. The third-order valence-electron chi connectivity index (χ3n) is 2.41. The van der Waals surface area contributed by atoms with E-state index < -0.39 is 5.91 Å². The lowest BCUT2D eigenvalue weighted by Gasteiger charge is -2.23. The van der Waals surface area contributed by atoms with Gasteiger partial charge in [0.25, 0.3) is 5.91 Å². The second-order valence-electron chi connectivity index (χ2n) is 3.49.